The molecule has 2 N–H and O–H groups in total. The van der Waals surface area contributed by atoms with Crippen molar-refractivity contribution in [3.63, 3.8) is 0 Å². The summed E-state index contributed by atoms with van der Waals surface area (Å²) < 4.78 is 2.24. The molecule has 1 aromatic rings. The van der Waals surface area contributed by atoms with E-state index in [1.165, 1.54) is 0 Å². The van der Waals surface area contributed by atoms with Gasteiger partial charge in [0.15, 0.2) is 0 Å². The summed E-state index contributed by atoms with van der Waals surface area (Å²) in [7, 11) is 0. The standard InChI is InChI=1S/C13H23N3O/c1-3-6-15-13(10-17)5-4-12(9-13)16-8-7-14-11(16)2/h7-8,12,15,17H,3-6,9-10H2,1-2H3. The Hall–Kier alpha value is -0.870. The van der Waals surface area contributed by atoms with E-state index in [1.54, 1.807) is 0 Å². The van der Waals surface area contributed by atoms with Crippen LogP contribution >= 0.6 is 0 Å². The Morgan fingerprint density at radius 3 is 3.06 bits per heavy atom. The number of aliphatic hydroxyl groups excluding tert-OH is 1. The molecule has 2 rings (SSSR count). The zero-order valence-electron chi connectivity index (χ0n) is 10.8. The van der Waals surface area contributed by atoms with Crippen LogP contribution in [-0.2, 0) is 0 Å². The van der Waals surface area contributed by atoms with Gasteiger partial charge in [-0.05, 0) is 39.2 Å². The third kappa shape index (κ3) is 2.53. The first-order valence-corrected chi connectivity index (χ1v) is 6.56. The Balaban J connectivity index is 2.04. The molecule has 1 aliphatic rings. The topological polar surface area (TPSA) is 50.1 Å². The van der Waals surface area contributed by atoms with E-state index in [1.807, 2.05) is 19.3 Å². The largest absolute Gasteiger partial charge is 0.394 e. The minimum atomic E-state index is -0.0720. The van der Waals surface area contributed by atoms with E-state index in [0.29, 0.717) is 6.04 Å². The number of aryl methyl sites for hydroxylation is 1. The van der Waals surface area contributed by atoms with Crippen LogP contribution in [0.2, 0.25) is 0 Å². The summed E-state index contributed by atoms with van der Waals surface area (Å²) in [5.41, 5.74) is -0.0720. The SMILES string of the molecule is CCCNC1(CO)CCC(n2ccnc2C)C1. The zero-order valence-corrected chi connectivity index (χ0v) is 10.8. The number of aliphatic hydroxyl groups is 1. The molecule has 4 nitrogen and oxygen atoms in total. The summed E-state index contributed by atoms with van der Waals surface area (Å²) in [4.78, 5) is 4.28. The fourth-order valence-electron chi connectivity index (χ4n) is 2.86. The van der Waals surface area contributed by atoms with E-state index in [2.05, 4.69) is 21.8 Å². The van der Waals surface area contributed by atoms with Crippen molar-refractivity contribution in [3.05, 3.63) is 18.2 Å². The first-order chi connectivity index (χ1) is 8.21. The van der Waals surface area contributed by atoms with Crippen molar-refractivity contribution in [2.45, 2.75) is 51.1 Å². The zero-order chi connectivity index (χ0) is 12.3. The number of nitrogens with zero attached hydrogens (tertiary/aromatic N) is 2. The summed E-state index contributed by atoms with van der Waals surface area (Å²) in [5.74, 6) is 1.07. The van der Waals surface area contributed by atoms with Crippen LogP contribution in [0.15, 0.2) is 12.4 Å². The molecule has 96 valence electrons. The van der Waals surface area contributed by atoms with E-state index in [0.717, 1.165) is 38.1 Å². The second-order valence-corrected chi connectivity index (χ2v) is 5.14. The van der Waals surface area contributed by atoms with Gasteiger partial charge < -0.3 is 15.0 Å². The van der Waals surface area contributed by atoms with Crippen molar-refractivity contribution < 1.29 is 5.11 Å². The third-order valence-electron chi connectivity index (χ3n) is 3.89. The maximum Gasteiger partial charge on any atom is 0.105 e. The number of hydrogen-bond donors (Lipinski definition) is 2. The average Bonchev–Trinajstić information content (AvgIpc) is 2.93. The summed E-state index contributed by atoms with van der Waals surface area (Å²) in [6.45, 7) is 5.41. The predicted molar refractivity (Wildman–Crippen MR) is 68.0 cm³/mol. The van der Waals surface area contributed by atoms with E-state index in [-0.39, 0.29) is 12.1 Å². The quantitative estimate of drug-likeness (QED) is 0.818. The first-order valence-electron chi connectivity index (χ1n) is 6.56. The molecule has 0 radical (unpaired) electrons. The molecule has 0 spiro atoms. The van der Waals surface area contributed by atoms with E-state index < -0.39 is 0 Å². The van der Waals surface area contributed by atoms with Crippen LogP contribution in [0.1, 0.15) is 44.5 Å². The van der Waals surface area contributed by atoms with Crippen LogP contribution in [0.4, 0.5) is 0 Å². The highest BCUT2D eigenvalue weighted by Crippen LogP contribution is 2.37. The van der Waals surface area contributed by atoms with Gasteiger partial charge in [0.05, 0.1) is 6.61 Å². The maximum atomic E-state index is 9.64. The van der Waals surface area contributed by atoms with Gasteiger partial charge in [0.1, 0.15) is 5.82 Å². The Morgan fingerprint density at radius 2 is 2.47 bits per heavy atom. The molecule has 2 unspecified atom stereocenters. The molecule has 0 aliphatic heterocycles. The molecule has 17 heavy (non-hydrogen) atoms. The fourth-order valence-corrected chi connectivity index (χ4v) is 2.86. The predicted octanol–water partition coefficient (Wildman–Crippen LogP) is 1.65. The van der Waals surface area contributed by atoms with Gasteiger partial charge in [0.25, 0.3) is 0 Å². The number of hydrogen-bond acceptors (Lipinski definition) is 3. The Labute approximate surface area is 103 Å². The second kappa shape index (κ2) is 5.19. The molecule has 1 fully saturated rings. The normalized spacial score (nSPS) is 28.8. The van der Waals surface area contributed by atoms with Crippen molar-refractivity contribution in [2.24, 2.45) is 0 Å². The minimum absolute atomic E-state index is 0.0720. The number of aromatic nitrogens is 2. The molecule has 0 bridgehead atoms. The lowest BCUT2D eigenvalue weighted by molar-refractivity contribution is 0.161. The highest BCUT2D eigenvalue weighted by molar-refractivity contribution is 5.02. The van der Waals surface area contributed by atoms with Gasteiger partial charge in [-0.3, -0.25) is 0 Å². The van der Waals surface area contributed by atoms with Gasteiger partial charge in [0, 0.05) is 24.0 Å². The molecule has 1 saturated carbocycles. The van der Waals surface area contributed by atoms with Crippen LogP contribution in [0, 0.1) is 6.92 Å². The van der Waals surface area contributed by atoms with Crippen LogP contribution in [0.25, 0.3) is 0 Å². The molecule has 0 saturated heterocycles. The van der Waals surface area contributed by atoms with Crippen LogP contribution < -0.4 is 5.32 Å². The van der Waals surface area contributed by atoms with Crippen molar-refractivity contribution in [3.8, 4) is 0 Å². The summed E-state index contributed by atoms with van der Waals surface area (Å²) in [5, 5.41) is 13.2. The fraction of sp³-hybridized carbons (Fsp3) is 0.769. The Kier molecular flexibility index (Phi) is 3.84. The van der Waals surface area contributed by atoms with Crippen LogP contribution in [0.5, 0.6) is 0 Å². The first kappa shape index (κ1) is 12.6. The number of imidazole rings is 1. The molecule has 1 heterocycles. The van der Waals surface area contributed by atoms with E-state index in [9.17, 15) is 5.11 Å². The molecule has 1 aliphatic carbocycles. The molecular weight excluding hydrogens is 214 g/mol. The molecular formula is C13H23N3O. The smallest absolute Gasteiger partial charge is 0.105 e. The van der Waals surface area contributed by atoms with E-state index >= 15 is 0 Å². The number of nitrogens with one attached hydrogen (secondary N) is 1. The molecule has 2 atom stereocenters. The van der Waals surface area contributed by atoms with Gasteiger partial charge in [-0.1, -0.05) is 6.92 Å². The summed E-state index contributed by atoms with van der Waals surface area (Å²) >= 11 is 0. The summed E-state index contributed by atoms with van der Waals surface area (Å²) in [6.07, 6.45) is 8.18. The number of rotatable bonds is 5. The van der Waals surface area contributed by atoms with Crippen molar-refractivity contribution in [1.82, 2.24) is 14.9 Å². The van der Waals surface area contributed by atoms with Gasteiger partial charge in [-0.2, -0.15) is 0 Å². The highest BCUT2D eigenvalue weighted by atomic mass is 16.3. The Bertz CT molecular complexity index is 363. The maximum absolute atomic E-state index is 9.64. The molecule has 0 aromatic carbocycles. The van der Waals surface area contributed by atoms with Gasteiger partial charge >= 0.3 is 0 Å². The van der Waals surface area contributed by atoms with Gasteiger partial charge in [-0.15, -0.1) is 0 Å². The monoisotopic (exact) mass is 237 g/mol. The molecule has 1 aromatic heterocycles. The van der Waals surface area contributed by atoms with E-state index in [4.69, 9.17) is 0 Å². The lowest BCUT2D eigenvalue weighted by Gasteiger charge is -2.28. The second-order valence-electron chi connectivity index (χ2n) is 5.14. The van der Waals surface area contributed by atoms with Crippen LogP contribution in [0.3, 0.4) is 0 Å². The summed E-state index contributed by atoms with van der Waals surface area (Å²) in [6, 6.07) is 0.481. The van der Waals surface area contributed by atoms with Gasteiger partial charge in [0.2, 0.25) is 0 Å². The lowest BCUT2D eigenvalue weighted by Crippen LogP contribution is -2.46. The van der Waals surface area contributed by atoms with Crippen molar-refractivity contribution in [2.75, 3.05) is 13.2 Å². The highest BCUT2D eigenvalue weighted by Gasteiger charge is 2.38. The third-order valence-corrected chi connectivity index (χ3v) is 3.89. The molecule has 0 amide bonds. The molecule has 4 heteroatoms. The van der Waals surface area contributed by atoms with Crippen LogP contribution in [-0.4, -0.2) is 33.3 Å². The van der Waals surface area contributed by atoms with Gasteiger partial charge in [-0.25, -0.2) is 4.98 Å². The Morgan fingerprint density at radius 1 is 1.65 bits per heavy atom. The van der Waals surface area contributed by atoms with Crippen molar-refractivity contribution in [1.29, 1.82) is 0 Å². The van der Waals surface area contributed by atoms with Crippen molar-refractivity contribution >= 4 is 0 Å². The lowest BCUT2D eigenvalue weighted by atomic mass is 9.98. The minimum Gasteiger partial charge on any atom is -0.394 e. The average molecular weight is 237 g/mol.